The van der Waals surface area contributed by atoms with Gasteiger partial charge in [0.1, 0.15) is 0 Å². The minimum atomic E-state index is -0.0373. The monoisotopic (exact) mass is 387 g/mol. The van der Waals surface area contributed by atoms with Crippen molar-refractivity contribution in [3.8, 4) is 0 Å². The normalized spacial score (nSPS) is 20.5. The molecule has 1 heterocycles. The third-order valence-electron chi connectivity index (χ3n) is 5.94. The summed E-state index contributed by atoms with van der Waals surface area (Å²) in [5.41, 5.74) is 5.33. The molecule has 140 valence electrons. The van der Waals surface area contributed by atoms with Gasteiger partial charge in [0.15, 0.2) is 5.78 Å². The number of nitrogens with one attached hydrogen (secondary N) is 1. The molecule has 0 aromatic heterocycles. The number of anilines is 1. The molecular weight excluding hydrogens is 366 g/mol. The van der Waals surface area contributed by atoms with Gasteiger partial charge in [0.05, 0.1) is 6.04 Å². The van der Waals surface area contributed by atoms with Gasteiger partial charge in [-0.05, 0) is 51.9 Å². The molecule has 2 nitrogen and oxygen atoms in total. The van der Waals surface area contributed by atoms with E-state index < -0.39 is 0 Å². The largest absolute Gasteiger partial charge is 0.374 e. The van der Waals surface area contributed by atoms with Crippen molar-refractivity contribution in [1.82, 2.24) is 0 Å². The van der Waals surface area contributed by atoms with Crippen LogP contribution in [0.25, 0.3) is 16.3 Å². The molecule has 0 fully saturated rings. The number of carbonyl (C=O) groups excluding carboxylic acids is 1. The SMILES string of the molecule is CC1(C)CC(=O)C2=C(C1)[C@@H](c1ccc(Cl)cc1)Nc1ccc3ccccc3c12. The third-order valence-corrected chi connectivity index (χ3v) is 6.19. The van der Waals surface area contributed by atoms with Crippen LogP contribution >= 0.6 is 11.6 Å². The number of allylic oxidation sites excluding steroid dienone is 1. The van der Waals surface area contributed by atoms with E-state index in [1.54, 1.807) is 0 Å². The van der Waals surface area contributed by atoms with Gasteiger partial charge in [0.25, 0.3) is 0 Å². The number of hydrogen-bond acceptors (Lipinski definition) is 2. The van der Waals surface area contributed by atoms with Crippen molar-refractivity contribution in [3.05, 3.63) is 82.4 Å². The Morgan fingerprint density at radius 3 is 2.50 bits per heavy atom. The fraction of sp³-hybridized carbons (Fsp3) is 0.240. The Balaban J connectivity index is 1.79. The standard InChI is InChI=1S/C25H22ClNO/c1-25(2)13-19-23(21(28)14-25)22-18-6-4-3-5-15(18)9-12-20(22)27-24(19)16-7-10-17(26)11-8-16/h3-12,24,27H,13-14H2,1-2H3/t24-/m1/s1. The number of fused-ring (bicyclic) bond motifs is 4. The van der Waals surface area contributed by atoms with Crippen molar-refractivity contribution >= 4 is 39.4 Å². The van der Waals surface area contributed by atoms with Crippen LogP contribution in [-0.2, 0) is 4.79 Å². The van der Waals surface area contributed by atoms with Gasteiger partial charge < -0.3 is 5.32 Å². The Hall–Kier alpha value is -2.58. The van der Waals surface area contributed by atoms with Gasteiger partial charge in [-0.3, -0.25) is 4.79 Å². The number of halogens is 1. The average molecular weight is 388 g/mol. The first kappa shape index (κ1) is 17.5. The third kappa shape index (κ3) is 2.75. The van der Waals surface area contributed by atoms with Crippen LogP contribution in [0.15, 0.2) is 66.2 Å². The predicted molar refractivity (Wildman–Crippen MR) is 117 cm³/mol. The second kappa shape index (κ2) is 6.22. The molecule has 3 heteroatoms. The smallest absolute Gasteiger partial charge is 0.164 e. The second-order valence-corrected chi connectivity index (χ2v) is 9.12. The van der Waals surface area contributed by atoms with E-state index in [9.17, 15) is 4.79 Å². The van der Waals surface area contributed by atoms with E-state index in [0.717, 1.165) is 44.6 Å². The van der Waals surface area contributed by atoms with Crippen LogP contribution in [0.5, 0.6) is 0 Å². The van der Waals surface area contributed by atoms with Gasteiger partial charge >= 0.3 is 0 Å². The van der Waals surface area contributed by atoms with Gasteiger partial charge in [-0.1, -0.05) is 67.9 Å². The number of hydrogen-bond donors (Lipinski definition) is 1. The summed E-state index contributed by atoms with van der Waals surface area (Å²) in [4.78, 5) is 13.4. The molecule has 0 radical (unpaired) electrons. The first-order valence-electron chi connectivity index (χ1n) is 9.73. The van der Waals surface area contributed by atoms with E-state index in [2.05, 4.69) is 55.6 Å². The van der Waals surface area contributed by atoms with Crippen molar-refractivity contribution in [2.75, 3.05) is 5.32 Å². The fourth-order valence-corrected chi connectivity index (χ4v) is 4.88. The molecule has 0 amide bonds. The van der Waals surface area contributed by atoms with Crippen molar-refractivity contribution in [3.63, 3.8) is 0 Å². The number of Topliss-reactive ketones (excluding diaryl/α,β-unsaturated/α-hetero) is 1. The summed E-state index contributed by atoms with van der Waals surface area (Å²) in [6, 6.07) is 20.5. The van der Waals surface area contributed by atoms with E-state index in [1.165, 1.54) is 5.57 Å². The summed E-state index contributed by atoms with van der Waals surface area (Å²) >= 11 is 6.12. The molecule has 5 rings (SSSR count). The predicted octanol–water partition coefficient (Wildman–Crippen LogP) is 6.80. The minimum absolute atomic E-state index is 0.00976. The van der Waals surface area contributed by atoms with Crippen LogP contribution in [0, 0.1) is 5.41 Å². The first-order valence-corrected chi connectivity index (χ1v) is 10.1. The zero-order chi connectivity index (χ0) is 19.5. The Bertz CT molecular complexity index is 1140. The zero-order valence-electron chi connectivity index (χ0n) is 16.1. The van der Waals surface area contributed by atoms with Gasteiger partial charge in [-0.2, -0.15) is 0 Å². The van der Waals surface area contributed by atoms with Crippen LogP contribution in [0.1, 0.15) is 43.9 Å². The quantitative estimate of drug-likeness (QED) is 0.497. The first-order chi connectivity index (χ1) is 13.4. The molecule has 1 aliphatic carbocycles. The molecule has 0 saturated heterocycles. The number of carbonyl (C=O) groups is 1. The molecule has 3 aromatic carbocycles. The lowest BCUT2D eigenvalue weighted by molar-refractivity contribution is -0.116. The van der Waals surface area contributed by atoms with Crippen molar-refractivity contribution in [1.29, 1.82) is 0 Å². The molecule has 0 bridgehead atoms. The highest BCUT2D eigenvalue weighted by Gasteiger charge is 2.40. The number of ketones is 1. The molecular formula is C25H22ClNO. The summed E-state index contributed by atoms with van der Waals surface area (Å²) in [6.45, 7) is 4.37. The maximum atomic E-state index is 13.4. The van der Waals surface area contributed by atoms with Gasteiger partial charge in [-0.15, -0.1) is 0 Å². The van der Waals surface area contributed by atoms with Crippen LogP contribution in [0.4, 0.5) is 5.69 Å². The van der Waals surface area contributed by atoms with E-state index in [-0.39, 0.29) is 17.2 Å². The summed E-state index contributed by atoms with van der Waals surface area (Å²) in [7, 11) is 0. The lowest BCUT2D eigenvalue weighted by atomic mass is 9.68. The summed E-state index contributed by atoms with van der Waals surface area (Å²) < 4.78 is 0. The maximum Gasteiger partial charge on any atom is 0.164 e. The molecule has 0 spiro atoms. The van der Waals surface area contributed by atoms with E-state index in [0.29, 0.717) is 6.42 Å². The Kier molecular flexibility index (Phi) is 3.89. The highest BCUT2D eigenvalue weighted by molar-refractivity contribution is 6.30. The Labute approximate surface area is 170 Å². The highest BCUT2D eigenvalue weighted by atomic mass is 35.5. The summed E-state index contributed by atoms with van der Waals surface area (Å²) in [5.74, 6) is 0.254. The van der Waals surface area contributed by atoms with Gasteiger partial charge in [0.2, 0.25) is 0 Å². The van der Waals surface area contributed by atoms with Crippen LogP contribution in [0.3, 0.4) is 0 Å². The molecule has 28 heavy (non-hydrogen) atoms. The molecule has 3 aromatic rings. The highest BCUT2D eigenvalue weighted by Crippen LogP contribution is 2.51. The minimum Gasteiger partial charge on any atom is -0.374 e. The lowest BCUT2D eigenvalue weighted by Gasteiger charge is -2.40. The summed E-state index contributed by atoms with van der Waals surface area (Å²) in [5, 5.41) is 6.76. The van der Waals surface area contributed by atoms with Crippen molar-refractivity contribution < 1.29 is 4.79 Å². The maximum absolute atomic E-state index is 13.4. The van der Waals surface area contributed by atoms with E-state index in [1.807, 2.05) is 24.3 Å². The average Bonchev–Trinajstić information content (AvgIpc) is 2.66. The lowest BCUT2D eigenvalue weighted by Crippen LogP contribution is -2.32. The van der Waals surface area contributed by atoms with Gasteiger partial charge in [-0.25, -0.2) is 0 Å². The Morgan fingerprint density at radius 2 is 1.71 bits per heavy atom. The topological polar surface area (TPSA) is 29.1 Å². The molecule has 0 unspecified atom stereocenters. The molecule has 1 atom stereocenters. The van der Waals surface area contributed by atoms with E-state index in [4.69, 9.17) is 11.6 Å². The molecule has 0 saturated carbocycles. The number of rotatable bonds is 1. The van der Waals surface area contributed by atoms with E-state index >= 15 is 0 Å². The zero-order valence-corrected chi connectivity index (χ0v) is 16.8. The summed E-state index contributed by atoms with van der Waals surface area (Å²) in [6.07, 6.45) is 1.48. The van der Waals surface area contributed by atoms with Crippen molar-refractivity contribution in [2.24, 2.45) is 5.41 Å². The van der Waals surface area contributed by atoms with Crippen molar-refractivity contribution in [2.45, 2.75) is 32.7 Å². The van der Waals surface area contributed by atoms with Crippen LogP contribution in [0.2, 0.25) is 5.02 Å². The van der Waals surface area contributed by atoms with Gasteiger partial charge in [0, 0.05) is 28.3 Å². The second-order valence-electron chi connectivity index (χ2n) is 8.68. The molecule has 1 N–H and O–H groups in total. The van der Waals surface area contributed by atoms with Crippen LogP contribution in [-0.4, -0.2) is 5.78 Å². The molecule has 1 aliphatic heterocycles. The fourth-order valence-electron chi connectivity index (χ4n) is 4.76. The molecule has 2 aliphatic rings. The van der Waals surface area contributed by atoms with Crippen LogP contribution < -0.4 is 5.32 Å². The Morgan fingerprint density at radius 1 is 0.964 bits per heavy atom. The number of benzene rings is 3.